The van der Waals surface area contributed by atoms with Crippen LogP contribution in [0, 0.1) is 5.41 Å². The highest BCUT2D eigenvalue weighted by Gasteiger charge is 2.48. The minimum Gasteiger partial charge on any atom is -0.133 e. The van der Waals surface area contributed by atoms with Crippen molar-refractivity contribution < 1.29 is 0 Å². The SMILES string of the molecule is CCC12CCC(c3ccc(CP)cc3)(CC1)CC2. The molecule has 3 saturated carbocycles. The quantitative estimate of drug-likeness (QED) is 0.666. The Labute approximate surface area is 114 Å². The summed E-state index contributed by atoms with van der Waals surface area (Å²) in [6.45, 7) is 2.39. The molecule has 0 saturated heterocycles. The van der Waals surface area contributed by atoms with Crippen molar-refractivity contribution in [2.45, 2.75) is 63.4 Å². The Morgan fingerprint density at radius 2 is 1.50 bits per heavy atom. The van der Waals surface area contributed by atoms with Crippen molar-refractivity contribution >= 4 is 9.24 Å². The monoisotopic (exact) mass is 260 g/mol. The molecule has 0 heterocycles. The number of hydrogen-bond donors (Lipinski definition) is 0. The molecule has 3 fully saturated rings. The lowest BCUT2D eigenvalue weighted by Gasteiger charge is -2.54. The lowest BCUT2D eigenvalue weighted by molar-refractivity contribution is 0.0367. The summed E-state index contributed by atoms with van der Waals surface area (Å²) in [5.41, 5.74) is 4.32. The smallest absolute Gasteiger partial charge is 0.00463 e. The summed E-state index contributed by atoms with van der Waals surface area (Å²) >= 11 is 0. The van der Waals surface area contributed by atoms with E-state index in [0.717, 1.165) is 11.6 Å². The fourth-order valence-corrected chi connectivity index (χ4v) is 4.49. The van der Waals surface area contributed by atoms with E-state index >= 15 is 0 Å². The second kappa shape index (κ2) is 4.64. The Morgan fingerprint density at radius 3 is 1.94 bits per heavy atom. The van der Waals surface area contributed by atoms with E-state index in [-0.39, 0.29) is 0 Å². The van der Waals surface area contributed by atoms with E-state index < -0.39 is 0 Å². The van der Waals surface area contributed by atoms with Crippen LogP contribution < -0.4 is 0 Å². The molecule has 2 bridgehead atoms. The van der Waals surface area contributed by atoms with Gasteiger partial charge in [0.2, 0.25) is 0 Å². The molecular weight excluding hydrogens is 235 g/mol. The van der Waals surface area contributed by atoms with E-state index in [1.54, 1.807) is 5.56 Å². The van der Waals surface area contributed by atoms with Gasteiger partial charge >= 0.3 is 0 Å². The van der Waals surface area contributed by atoms with Crippen LogP contribution >= 0.6 is 9.24 Å². The normalized spacial score (nSPS) is 34.8. The second-order valence-electron chi connectivity index (χ2n) is 6.53. The van der Waals surface area contributed by atoms with Crippen LogP contribution in [0.5, 0.6) is 0 Å². The van der Waals surface area contributed by atoms with Crippen LogP contribution in [0.1, 0.15) is 63.0 Å². The standard InChI is InChI=1S/C17H25P/c1-2-16-7-10-17(11-8-16,12-9-16)15-5-3-14(13-18)4-6-15/h3-6H,2,7-13,18H2,1H3. The minimum atomic E-state index is 0.538. The average molecular weight is 260 g/mol. The first kappa shape index (κ1) is 12.7. The maximum Gasteiger partial charge on any atom is -0.00463 e. The van der Waals surface area contributed by atoms with Gasteiger partial charge in [-0.25, -0.2) is 0 Å². The fourth-order valence-electron chi connectivity index (χ4n) is 4.22. The molecule has 0 aliphatic heterocycles. The molecular formula is C17H25P. The molecule has 4 rings (SSSR count). The predicted molar refractivity (Wildman–Crippen MR) is 82.0 cm³/mol. The van der Waals surface area contributed by atoms with E-state index in [9.17, 15) is 0 Å². The Kier molecular flexibility index (Phi) is 3.27. The van der Waals surface area contributed by atoms with Gasteiger partial charge < -0.3 is 0 Å². The van der Waals surface area contributed by atoms with Crippen LogP contribution in [-0.2, 0) is 11.6 Å². The molecule has 98 valence electrons. The maximum atomic E-state index is 2.81. The highest BCUT2D eigenvalue weighted by Crippen LogP contribution is 2.58. The second-order valence-corrected chi connectivity index (χ2v) is 6.94. The van der Waals surface area contributed by atoms with Gasteiger partial charge in [-0.1, -0.05) is 37.6 Å². The Morgan fingerprint density at radius 1 is 0.944 bits per heavy atom. The van der Waals surface area contributed by atoms with Crippen molar-refractivity contribution in [3.05, 3.63) is 35.4 Å². The minimum absolute atomic E-state index is 0.538. The fraction of sp³-hybridized carbons (Fsp3) is 0.647. The molecule has 1 unspecified atom stereocenters. The molecule has 18 heavy (non-hydrogen) atoms. The van der Waals surface area contributed by atoms with Crippen molar-refractivity contribution in [2.75, 3.05) is 0 Å². The Hall–Kier alpha value is -0.350. The zero-order valence-electron chi connectivity index (χ0n) is 11.5. The zero-order chi connectivity index (χ0) is 12.6. The van der Waals surface area contributed by atoms with Crippen LogP contribution in [0.15, 0.2) is 24.3 Å². The molecule has 0 nitrogen and oxygen atoms in total. The van der Waals surface area contributed by atoms with Crippen molar-refractivity contribution in [1.29, 1.82) is 0 Å². The molecule has 1 atom stereocenters. The van der Waals surface area contributed by atoms with Gasteiger partial charge in [0.25, 0.3) is 0 Å². The molecule has 3 aliphatic carbocycles. The first-order chi connectivity index (χ1) is 8.72. The summed E-state index contributed by atoms with van der Waals surface area (Å²) in [6, 6.07) is 9.47. The third-order valence-electron chi connectivity index (χ3n) is 5.95. The predicted octanol–water partition coefficient (Wildman–Crippen LogP) is 5.06. The van der Waals surface area contributed by atoms with E-state index in [4.69, 9.17) is 0 Å². The molecule has 0 N–H and O–H groups in total. The molecule has 1 aromatic carbocycles. The summed E-state index contributed by atoms with van der Waals surface area (Å²) in [7, 11) is 2.81. The molecule has 1 heteroatoms. The van der Waals surface area contributed by atoms with E-state index in [1.807, 2.05) is 0 Å². The number of hydrogen-bond acceptors (Lipinski definition) is 0. The topological polar surface area (TPSA) is 0 Å². The van der Waals surface area contributed by atoms with Crippen molar-refractivity contribution in [3.63, 3.8) is 0 Å². The molecule has 3 aliphatic rings. The number of rotatable bonds is 3. The average Bonchev–Trinajstić information content (AvgIpc) is 2.49. The highest BCUT2D eigenvalue weighted by molar-refractivity contribution is 7.15. The van der Waals surface area contributed by atoms with Crippen LogP contribution in [0.4, 0.5) is 0 Å². The summed E-state index contributed by atoms with van der Waals surface area (Å²) in [4.78, 5) is 0. The van der Waals surface area contributed by atoms with Crippen LogP contribution in [0.25, 0.3) is 0 Å². The van der Waals surface area contributed by atoms with Gasteiger partial charge in [-0.2, -0.15) is 0 Å². The largest absolute Gasteiger partial charge is 0.133 e. The van der Waals surface area contributed by atoms with Crippen molar-refractivity contribution in [2.24, 2.45) is 5.41 Å². The molecule has 0 radical (unpaired) electrons. The lowest BCUT2D eigenvalue weighted by atomic mass is 9.51. The third kappa shape index (κ3) is 1.94. The molecule has 0 amide bonds. The molecule has 0 spiro atoms. The Bertz CT molecular complexity index is 393. The van der Waals surface area contributed by atoms with Gasteiger partial charge in [0, 0.05) is 0 Å². The lowest BCUT2D eigenvalue weighted by Crippen LogP contribution is -2.43. The van der Waals surface area contributed by atoms with E-state index in [0.29, 0.717) is 5.41 Å². The van der Waals surface area contributed by atoms with Crippen molar-refractivity contribution in [1.82, 2.24) is 0 Å². The van der Waals surface area contributed by atoms with Gasteiger partial charge in [0.1, 0.15) is 0 Å². The van der Waals surface area contributed by atoms with E-state index in [1.165, 1.54) is 50.5 Å². The summed E-state index contributed by atoms with van der Waals surface area (Å²) in [5.74, 6) is 0. The van der Waals surface area contributed by atoms with Gasteiger partial charge in [0.15, 0.2) is 0 Å². The first-order valence-corrected chi connectivity index (χ1v) is 8.33. The Balaban J connectivity index is 1.84. The zero-order valence-corrected chi connectivity index (χ0v) is 12.7. The van der Waals surface area contributed by atoms with Crippen LogP contribution in [0.2, 0.25) is 0 Å². The molecule has 0 aromatic heterocycles. The summed E-state index contributed by atoms with van der Waals surface area (Å²) in [6.07, 6.45) is 11.2. The third-order valence-corrected chi connectivity index (χ3v) is 6.43. The van der Waals surface area contributed by atoms with Gasteiger partial charge in [-0.05, 0) is 66.6 Å². The summed E-state index contributed by atoms with van der Waals surface area (Å²) in [5, 5.41) is 0. The van der Waals surface area contributed by atoms with Crippen LogP contribution in [0.3, 0.4) is 0 Å². The maximum absolute atomic E-state index is 2.81. The summed E-state index contributed by atoms with van der Waals surface area (Å²) < 4.78 is 0. The van der Waals surface area contributed by atoms with Gasteiger partial charge in [0.05, 0.1) is 0 Å². The van der Waals surface area contributed by atoms with Gasteiger partial charge in [-0.3, -0.25) is 0 Å². The first-order valence-electron chi connectivity index (χ1n) is 7.52. The van der Waals surface area contributed by atoms with Crippen molar-refractivity contribution in [3.8, 4) is 0 Å². The van der Waals surface area contributed by atoms with Crippen LogP contribution in [-0.4, -0.2) is 0 Å². The number of fused-ring (bicyclic) bond motifs is 3. The van der Waals surface area contributed by atoms with Gasteiger partial charge in [-0.15, -0.1) is 9.24 Å². The highest BCUT2D eigenvalue weighted by atomic mass is 31.0. The van der Waals surface area contributed by atoms with E-state index in [2.05, 4.69) is 40.4 Å². The molecule has 1 aromatic rings. The number of benzene rings is 1.